The van der Waals surface area contributed by atoms with Gasteiger partial charge in [0.05, 0.1) is 24.5 Å². The molecule has 0 atom stereocenters. The van der Waals surface area contributed by atoms with E-state index in [9.17, 15) is 5.11 Å². The first-order chi connectivity index (χ1) is 17.2. The molecule has 5 rings (SSSR count). The Balaban J connectivity index is 1.83. The van der Waals surface area contributed by atoms with E-state index in [1.165, 1.54) is 0 Å². The largest absolute Gasteiger partial charge is 0.497 e. The second-order valence-corrected chi connectivity index (χ2v) is 8.45. The maximum absolute atomic E-state index is 9.35. The summed E-state index contributed by atoms with van der Waals surface area (Å²) in [4.78, 5) is 4.86. The van der Waals surface area contributed by atoms with Gasteiger partial charge in [0.15, 0.2) is 0 Å². The van der Waals surface area contributed by atoms with Gasteiger partial charge in [0.25, 0.3) is 0 Å². The molecule has 0 bridgehead atoms. The van der Waals surface area contributed by atoms with E-state index in [0.29, 0.717) is 25.0 Å². The normalized spacial score (nSPS) is 11.1. The first kappa shape index (κ1) is 22.6. The van der Waals surface area contributed by atoms with Crippen LogP contribution >= 0.6 is 0 Å². The molecule has 0 spiro atoms. The van der Waals surface area contributed by atoms with Gasteiger partial charge in [-0.15, -0.1) is 0 Å². The van der Waals surface area contributed by atoms with E-state index in [2.05, 4.69) is 41.0 Å². The standard InChI is InChI=1S/C29H28N4O2/c1-35-24-15-13-21(14-16-24)19-33-27(23-11-6-3-7-12-23)25(22-9-4-2-5-10-22)26-28(30)32(17-8-18-34)20-31-29(26)33/h2-7,9-16,20,30,34H,8,17-19H2,1H3. The smallest absolute Gasteiger partial charge is 0.146 e. The van der Waals surface area contributed by atoms with Crippen molar-refractivity contribution in [3.05, 3.63) is 102 Å². The lowest BCUT2D eigenvalue weighted by molar-refractivity contribution is 0.278. The summed E-state index contributed by atoms with van der Waals surface area (Å²) in [5.41, 5.74) is 6.42. The van der Waals surface area contributed by atoms with Gasteiger partial charge in [-0.3, -0.25) is 5.41 Å². The Hall–Kier alpha value is -4.16. The average Bonchev–Trinajstić information content (AvgIpc) is 3.24. The second kappa shape index (κ2) is 9.99. The molecule has 2 aromatic heterocycles. The van der Waals surface area contributed by atoms with E-state index in [4.69, 9.17) is 15.1 Å². The Morgan fingerprint density at radius 3 is 2.17 bits per heavy atom. The van der Waals surface area contributed by atoms with Crippen molar-refractivity contribution in [2.24, 2.45) is 0 Å². The molecule has 0 aliphatic rings. The molecular formula is C29H28N4O2. The van der Waals surface area contributed by atoms with E-state index in [1.54, 1.807) is 13.4 Å². The number of benzene rings is 3. The fourth-order valence-electron chi connectivity index (χ4n) is 4.55. The minimum Gasteiger partial charge on any atom is -0.497 e. The number of rotatable bonds is 8. The van der Waals surface area contributed by atoms with E-state index < -0.39 is 0 Å². The van der Waals surface area contributed by atoms with Gasteiger partial charge in [0, 0.05) is 25.3 Å². The monoisotopic (exact) mass is 464 g/mol. The van der Waals surface area contributed by atoms with Crippen molar-refractivity contribution in [3.8, 4) is 28.1 Å². The number of hydrogen-bond acceptors (Lipinski definition) is 4. The van der Waals surface area contributed by atoms with Gasteiger partial charge in [0.1, 0.15) is 16.9 Å². The minimum atomic E-state index is 0.0732. The number of aliphatic hydroxyl groups is 1. The van der Waals surface area contributed by atoms with Crippen LogP contribution in [0, 0.1) is 5.41 Å². The zero-order chi connectivity index (χ0) is 24.2. The summed E-state index contributed by atoms with van der Waals surface area (Å²) in [5, 5.41) is 19.3. The van der Waals surface area contributed by atoms with Crippen LogP contribution in [0.4, 0.5) is 0 Å². The Morgan fingerprint density at radius 2 is 1.54 bits per heavy atom. The number of nitrogens with one attached hydrogen (secondary N) is 1. The summed E-state index contributed by atoms with van der Waals surface area (Å²) in [5.74, 6) is 0.816. The molecule has 5 aromatic rings. The lowest BCUT2D eigenvalue weighted by Crippen LogP contribution is -2.21. The van der Waals surface area contributed by atoms with Crippen LogP contribution in [0.5, 0.6) is 5.75 Å². The van der Waals surface area contributed by atoms with Crippen molar-refractivity contribution in [2.75, 3.05) is 13.7 Å². The molecule has 0 aliphatic heterocycles. The topological polar surface area (TPSA) is 76.1 Å². The summed E-state index contributed by atoms with van der Waals surface area (Å²) in [6.45, 7) is 1.21. The van der Waals surface area contributed by atoms with E-state index >= 15 is 0 Å². The summed E-state index contributed by atoms with van der Waals surface area (Å²) in [7, 11) is 1.67. The van der Waals surface area contributed by atoms with E-state index in [0.717, 1.165) is 44.7 Å². The number of aryl methyl sites for hydroxylation is 1. The molecule has 0 unspecified atom stereocenters. The molecule has 0 radical (unpaired) electrons. The van der Waals surface area contributed by atoms with Crippen molar-refractivity contribution in [2.45, 2.75) is 19.5 Å². The first-order valence-corrected chi connectivity index (χ1v) is 11.7. The van der Waals surface area contributed by atoms with Gasteiger partial charge >= 0.3 is 0 Å². The number of methoxy groups -OCH3 is 1. The lowest BCUT2D eigenvalue weighted by Gasteiger charge is -2.13. The van der Waals surface area contributed by atoms with Crippen LogP contribution in [0.2, 0.25) is 0 Å². The van der Waals surface area contributed by atoms with Crippen LogP contribution in [0.15, 0.2) is 91.3 Å². The highest BCUT2D eigenvalue weighted by Crippen LogP contribution is 2.39. The number of nitrogens with zero attached hydrogens (tertiary/aromatic N) is 3. The number of hydrogen-bond donors (Lipinski definition) is 2. The Morgan fingerprint density at radius 1 is 0.886 bits per heavy atom. The third kappa shape index (κ3) is 4.36. The molecule has 3 aromatic carbocycles. The Kier molecular flexibility index (Phi) is 6.46. The third-order valence-corrected chi connectivity index (χ3v) is 6.25. The number of ether oxygens (including phenoxy) is 1. The number of aromatic nitrogens is 3. The van der Waals surface area contributed by atoms with Gasteiger partial charge in [-0.2, -0.15) is 0 Å². The molecule has 6 nitrogen and oxygen atoms in total. The van der Waals surface area contributed by atoms with Crippen molar-refractivity contribution in [3.63, 3.8) is 0 Å². The van der Waals surface area contributed by atoms with Gasteiger partial charge in [0.2, 0.25) is 0 Å². The second-order valence-electron chi connectivity index (χ2n) is 8.45. The fraction of sp³-hybridized carbons (Fsp3) is 0.172. The molecule has 0 saturated carbocycles. The van der Waals surface area contributed by atoms with Crippen LogP contribution in [-0.4, -0.2) is 32.9 Å². The van der Waals surface area contributed by atoms with Crippen LogP contribution < -0.4 is 10.2 Å². The molecule has 2 N–H and O–H groups in total. The molecular weight excluding hydrogens is 436 g/mol. The zero-order valence-corrected chi connectivity index (χ0v) is 19.7. The molecule has 176 valence electrons. The quantitative estimate of drug-likeness (QED) is 0.336. The predicted octanol–water partition coefficient (Wildman–Crippen LogP) is 5.09. The average molecular weight is 465 g/mol. The molecule has 35 heavy (non-hydrogen) atoms. The number of aliphatic hydroxyl groups excluding tert-OH is 1. The molecule has 0 saturated heterocycles. The van der Waals surface area contributed by atoms with Crippen molar-refractivity contribution in [1.29, 1.82) is 5.41 Å². The lowest BCUT2D eigenvalue weighted by atomic mass is 9.99. The summed E-state index contributed by atoms with van der Waals surface area (Å²) >= 11 is 0. The molecule has 6 heteroatoms. The molecule has 0 amide bonds. The van der Waals surface area contributed by atoms with Gasteiger partial charge in [-0.1, -0.05) is 72.8 Å². The van der Waals surface area contributed by atoms with Crippen LogP contribution in [0.25, 0.3) is 33.4 Å². The van der Waals surface area contributed by atoms with Crippen LogP contribution in [0.3, 0.4) is 0 Å². The summed E-state index contributed by atoms with van der Waals surface area (Å²) in [6, 6.07) is 28.6. The van der Waals surface area contributed by atoms with E-state index in [-0.39, 0.29) is 6.61 Å². The highest BCUT2D eigenvalue weighted by molar-refractivity contribution is 6.02. The Labute approximate surface area is 204 Å². The van der Waals surface area contributed by atoms with Gasteiger partial charge in [-0.25, -0.2) is 4.98 Å². The minimum absolute atomic E-state index is 0.0732. The van der Waals surface area contributed by atoms with Crippen LogP contribution in [0.1, 0.15) is 12.0 Å². The van der Waals surface area contributed by atoms with Crippen molar-refractivity contribution < 1.29 is 9.84 Å². The molecule has 0 fully saturated rings. The summed E-state index contributed by atoms with van der Waals surface area (Å²) < 4.78 is 9.37. The SMILES string of the molecule is COc1ccc(Cn2c(-c3ccccc3)c(-c3ccccc3)c3c(=N)n(CCCO)cnc32)cc1. The maximum atomic E-state index is 9.35. The molecule has 2 heterocycles. The highest BCUT2D eigenvalue weighted by atomic mass is 16.5. The van der Waals surface area contributed by atoms with Crippen LogP contribution in [-0.2, 0) is 13.1 Å². The van der Waals surface area contributed by atoms with Crippen molar-refractivity contribution in [1.82, 2.24) is 14.1 Å². The van der Waals surface area contributed by atoms with Gasteiger partial charge < -0.3 is 19.0 Å². The third-order valence-electron chi connectivity index (χ3n) is 6.25. The van der Waals surface area contributed by atoms with Crippen molar-refractivity contribution >= 4 is 11.0 Å². The number of fused-ring (bicyclic) bond motifs is 1. The predicted molar refractivity (Wildman–Crippen MR) is 138 cm³/mol. The molecule has 0 aliphatic carbocycles. The summed E-state index contributed by atoms with van der Waals surface area (Å²) in [6.07, 6.45) is 2.29. The van der Waals surface area contributed by atoms with E-state index in [1.807, 2.05) is 53.1 Å². The zero-order valence-electron chi connectivity index (χ0n) is 19.7. The fourth-order valence-corrected chi connectivity index (χ4v) is 4.55. The first-order valence-electron chi connectivity index (χ1n) is 11.7. The highest BCUT2D eigenvalue weighted by Gasteiger charge is 2.23. The Bertz CT molecular complexity index is 1490. The maximum Gasteiger partial charge on any atom is 0.146 e. The van der Waals surface area contributed by atoms with Gasteiger partial charge in [-0.05, 0) is 35.2 Å².